The molecule has 0 bridgehead atoms. The minimum absolute atomic E-state index is 0. The number of aliphatic hydroxyl groups is 1. The summed E-state index contributed by atoms with van der Waals surface area (Å²) in [7, 11) is 3.32. The van der Waals surface area contributed by atoms with Gasteiger partial charge in [0.05, 0.1) is 25.2 Å². The molecule has 1 saturated carbocycles. The largest absolute Gasteiger partial charge is 0.493 e. The first-order valence-corrected chi connectivity index (χ1v) is 13.9. The topological polar surface area (TPSA) is 103 Å². The van der Waals surface area contributed by atoms with Gasteiger partial charge < -0.3 is 30.4 Å². The zero-order valence-corrected chi connectivity index (χ0v) is 24.7. The van der Waals surface area contributed by atoms with E-state index in [2.05, 4.69) is 25.2 Å². The van der Waals surface area contributed by atoms with E-state index in [4.69, 9.17) is 19.9 Å². The summed E-state index contributed by atoms with van der Waals surface area (Å²) in [5, 5.41) is 13.9. The number of methoxy groups -OCH3 is 2. The zero-order valence-electron chi connectivity index (χ0n) is 23.9. The number of aliphatic hydroxyl groups excluding tert-OH is 1. The maximum absolute atomic E-state index is 13.1. The van der Waals surface area contributed by atoms with Crippen molar-refractivity contribution in [3.63, 3.8) is 0 Å². The van der Waals surface area contributed by atoms with E-state index in [1.807, 2.05) is 42.5 Å². The zero-order chi connectivity index (χ0) is 27.5. The number of nitrogens with one attached hydrogen (secondary N) is 1. The molecule has 3 rings (SSSR count). The number of carbonyl (C=O) groups is 1. The van der Waals surface area contributed by atoms with Crippen LogP contribution in [0.4, 0.5) is 0 Å². The fraction of sp³-hybridized carbons (Fsp3) is 0.581. The van der Waals surface area contributed by atoms with Crippen molar-refractivity contribution in [1.82, 2.24) is 5.32 Å². The van der Waals surface area contributed by atoms with Crippen LogP contribution in [-0.4, -0.2) is 57.1 Å². The van der Waals surface area contributed by atoms with Gasteiger partial charge in [0, 0.05) is 32.7 Å². The van der Waals surface area contributed by atoms with Gasteiger partial charge in [0.2, 0.25) is 5.91 Å². The van der Waals surface area contributed by atoms with Crippen LogP contribution in [0.1, 0.15) is 57.1 Å². The Balaban J connectivity index is 0.00000533. The molecule has 0 radical (unpaired) electrons. The Kier molecular flexibility index (Phi) is 13.5. The number of rotatable bonds is 16. The lowest BCUT2D eigenvalue weighted by Gasteiger charge is -2.41. The maximum Gasteiger partial charge on any atom is 0.230 e. The third-order valence-electron chi connectivity index (χ3n) is 7.93. The molecule has 1 amide bonds. The summed E-state index contributed by atoms with van der Waals surface area (Å²) in [5.74, 6) is 2.03. The first kappa shape index (κ1) is 32.9. The molecule has 1 aliphatic rings. The van der Waals surface area contributed by atoms with E-state index in [0.717, 1.165) is 49.0 Å². The minimum atomic E-state index is -0.816. The van der Waals surface area contributed by atoms with Gasteiger partial charge >= 0.3 is 0 Å². The number of amides is 1. The van der Waals surface area contributed by atoms with Crippen LogP contribution >= 0.6 is 12.4 Å². The normalized spacial score (nSPS) is 16.4. The van der Waals surface area contributed by atoms with E-state index < -0.39 is 17.6 Å². The summed E-state index contributed by atoms with van der Waals surface area (Å²) >= 11 is 0. The molecule has 1 fully saturated rings. The molecule has 0 spiro atoms. The van der Waals surface area contributed by atoms with Gasteiger partial charge in [-0.2, -0.15) is 0 Å². The average molecular weight is 563 g/mol. The van der Waals surface area contributed by atoms with Crippen molar-refractivity contribution in [3.05, 3.63) is 59.7 Å². The lowest BCUT2D eigenvalue weighted by atomic mass is 9.64. The Morgan fingerprint density at radius 2 is 1.79 bits per heavy atom. The highest BCUT2D eigenvalue weighted by molar-refractivity contribution is 5.89. The minimum Gasteiger partial charge on any atom is -0.493 e. The molecule has 218 valence electrons. The summed E-state index contributed by atoms with van der Waals surface area (Å²) < 4.78 is 16.5. The predicted octanol–water partition coefficient (Wildman–Crippen LogP) is 4.66. The number of nitrogens with two attached hydrogens (primary N) is 1. The van der Waals surface area contributed by atoms with Crippen molar-refractivity contribution < 1.29 is 24.1 Å². The lowest BCUT2D eigenvalue weighted by molar-refractivity contribution is -0.130. The molecule has 0 aliphatic heterocycles. The Hall–Kier alpha value is -2.32. The fourth-order valence-corrected chi connectivity index (χ4v) is 5.20. The van der Waals surface area contributed by atoms with Crippen molar-refractivity contribution in [3.8, 4) is 11.5 Å². The average Bonchev–Trinajstić information content (AvgIpc) is 2.89. The molecule has 1 aliphatic carbocycles. The second-order valence-electron chi connectivity index (χ2n) is 10.9. The fourth-order valence-electron chi connectivity index (χ4n) is 5.20. The highest BCUT2D eigenvalue weighted by atomic mass is 35.5. The Morgan fingerprint density at radius 3 is 2.38 bits per heavy atom. The molecule has 3 atom stereocenters. The molecule has 2 aromatic rings. The molecule has 8 heteroatoms. The Bertz CT molecular complexity index is 1000. The van der Waals surface area contributed by atoms with Gasteiger partial charge in [-0.05, 0) is 60.8 Å². The van der Waals surface area contributed by atoms with Crippen LogP contribution in [0, 0.1) is 11.8 Å². The van der Waals surface area contributed by atoms with E-state index in [1.165, 1.54) is 0 Å². The molecule has 0 saturated heterocycles. The highest BCUT2D eigenvalue weighted by Crippen LogP contribution is 2.43. The number of hydrogen-bond donors (Lipinski definition) is 3. The summed E-state index contributed by atoms with van der Waals surface area (Å²) in [5.41, 5.74) is 8.17. The standard InChI is InChI=1S/C31H46N2O5.ClH/c1-22(2)24(18-23-12-13-28(37-4)29(19-23)38-17-9-16-36-3)20-26(32)27(34)21-33-30(35)31(14-8-15-31)25-10-6-5-7-11-25;/h5-7,10-13,19,22,24,26-27,34H,8-9,14-18,20-21,32H2,1-4H3,(H,33,35);1H/t24-,26-,27-;/m0./s1. The van der Waals surface area contributed by atoms with Crippen molar-refractivity contribution in [2.24, 2.45) is 17.6 Å². The van der Waals surface area contributed by atoms with E-state index in [9.17, 15) is 9.90 Å². The van der Waals surface area contributed by atoms with Gasteiger partial charge in [0.15, 0.2) is 11.5 Å². The molecule has 4 N–H and O–H groups in total. The molecule has 39 heavy (non-hydrogen) atoms. The van der Waals surface area contributed by atoms with Crippen molar-refractivity contribution in [2.45, 2.75) is 69.9 Å². The summed E-state index contributed by atoms with van der Waals surface area (Å²) in [6.45, 7) is 5.71. The highest BCUT2D eigenvalue weighted by Gasteiger charge is 2.45. The second-order valence-corrected chi connectivity index (χ2v) is 10.9. The van der Waals surface area contributed by atoms with E-state index in [0.29, 0.717) is 31.3 Å². The Labute approximate surface area is 240 Å². The van der Waals surface area contributed by atoms with Crippen LogP contribution in [0.5, 0.6) is 11.5 Å². The van der Waals surface area contributed by atoms with Gasteiger partial charge in [-0.15, -0.1) is 12.4 Å². The molecule has 7 nitrogen and oxygen atoms in total. The third kappa shape index (κ3) is 8.84. The van der Waals surface area contributed by atoms with Crippen molar-refractivity contribution in [2.75, 3.05) is 34.0 Å². The molecule has 0 aromatic heterocycles. The monoisotopic (exact) mass is 562 g/mol. The van der Waals surface area contributed by atoms with Crippen LogP contribution in [0.25, 0.3) is 0 Å². The van der Waals surface area contributed by atoms with Crippen molar-refractivity contribution in [1.29, 1.82) is 0 Å². The van der Waals surface area contributed by atoms with Crippen LogP contribution in [0.2, 0.25) is 0 Å². The van der Waals surface area contributed by atoms with Gasteiger partial charge in [0.25, 0.3) is 0 Å². The SMILES string of the molecule is COCCCOc1cc(C[C@@H](C[C@H](N)[C@@H](O)CNC(=O)C2(c3ccccc3)CCC2)C(C)C)ccc1OC.Cl. The predicted molar refractivity (Wildman–Crippen MR) is 158 cm³/mol. The summed E-state index contributed by atoms with van der Waals surface area (Å²) in [6, 6.07) is 15.5. The van der Waals surface area contributed by atoms with Gasteiger partial charge in [0.1, 0.15) is 0 Å². The maximum atomic E-state index is 13.1. The first-order valence-electron chi connectivity index (χ1n) is 13.9. The van der Waals surface area contributed by atoms with Crippen LogP contribution in [-0.2, 0) is 21.4 Å². The number of ether oxygens (including phenoxy) is 3. The number of carbonyl (C=O) groups excluding carboxylic acids is 1. The third-order valence-corrected chi connectivity index (χ3v) is 7.93. The number of benzene rings is 2. The van der Waals surface area contributed by atoms with Gasteiger partial charge in [-0.25, -0.2) is 0 Å². The van der Waals surface area contributed by atoms with Crippen LogP contribution in [0.3, 0.4) is 0 Å². The van der Waals surface area contributed by atoms with E-state index >= 15 is 0 Å². The molecule has 0 heterocycles. The second kappa shape index (κ2) is 16.1. The molecule has 0 unspecified atom stereocenters. The summed E-state index contributed by atoms with van der Waals surface area (Å²) in [4.78, 5) is 13.1. The van der Waals surface area contributed by atoms with Crippen LogP contribution < -0.4 is 20.5 Å². The molecular formula is C31H47ClN2O5. The summed E-state index contributed by atoms with van der Waals surface area (Å²) in [6.07, 6.45) is 4.14. The smallest absolute Gasteiger partial charge is 0.230 e. The quantitative estimate of drug-likeness (QED) is 0.257. The van der Waals surface area contributed by atoms with Crippen LogP contribution in [0.15, 0.2) is 48.5 Å². The Morgan fingerprint density at radius 1 is 1.08 bits per heavy atom. The lowest BCUT2D eigenvalue weighted by Crippen LogP contribution is -2.52. The van der Waals surface area contributed by atoms with Crippen molar-refractivity contribution >= 4 is 18.3 Å². The van der Waals surface area contributed by atoms with Gasteiger partial charge in [-0.1, -0.05) is 56.7 Å². The number of halogens is 1. The van der Waals surface area contributed by atoms with E-state index in [1.54, 1.807) is 14.2 Å². The number of hydrogen-bond acceptors (Lipinski definition) is 6. The molecular weight excluding hydrogens is 516 g/mol. The van der Waals surface area contributed by atoms with Gasteiger partial charge in [-0.3, -0.25) is 4.79 Å². The first-order chi connectivity index (χ1) is 18.3. The molecule has 2 aromatic carbocycles. The van der Waals surface area contributed by atoms with E-state index in [-0.39, 0.29) is 30.8 Å².